The molecule has 0 radical (unpaired) electrons. The lowest BCUT2D eigenvalue weighted by Crippen LogP contribution is -2.14. The largest absolute Gasteiger partial charge is 0.495 e. The van der Waals surface area contributed by atoms with Crippen LogP contribution in [-0.2, 0) is 11.2 Å². The summed E-state index contributed by atoms with van der Waals surface area (Å²) in [5.41, 5.74) is 2.82. The minimum Gasteiger partial charge on any atom is -0.495 e. The third-order valence-electron chi connectivity index (χ3n) is 5.93. The number of para-hydroxylation sites is 2. The van der Waals surface area contributed by atoms with E-state index in [4.69, 9.17) is 9.47 Å². The summed E-state index contributed by atoms with van der Waals surface area (Å²) in [6.07, 6.45) is 6.02. The number of benzene rings is 3. The number of aryl methyl sites for hydroxylation is 1. The van der Waals surface area contributed by atoms with Gasteiger partial charge in [-0.3, -0.25) is 9.59 Å². The van der Waals surface area contributed by atoms with E-state index >= 15 is 0 Å². The molecule has 1 aliphatic carbocycles. The van der Waals surface area contributed by atoms with Crippen LogP contribution in [0.25, 0.3) is 0 Å². The van der Waals surface area contributed by atoms with Crippen LogP contribution in [0.1, 0.15) is 48.0 Å². The van der Waals surface area contributed by atoms with E-state index in [0.717, 1.165) is 24.2 Å². The van der Waals surface area contributed by atoms with E-state index in [0.29, 0.717) is 41.6 Å². The highest BCUT2D eigenvalue weighted by atomic mass is 16.5. The fourth-order valence-corrected chi connectivity index (χ4v) is 4.10. The molecule has 0 bridgehead atoms. The van der Waals surface area contributed by atoms with Crippen molar-refractivity contribution in [2.24, 2.45) is 0 Å². The summed E-state index contributed by atoms with van der Waals surface area (Å²) in [6, 6.07) is 22.1. The molecule has 176 valence electrons. The molecule has 6 heteroatoms. The zero-order valence-electron chi connectivity index (χ0n) is 19.4. The molecule has 1 saturated carbocycles. The molecule has 1 fully saturated rings. The van der Waals surface area contributed by atoms with Crippen molar-refractivity contribution in [3.05, 3.63) is 83.9 Å². The lowest BCUT2D eigenvalue weighted by Gasteiger charge is -2.14. The Labute approximate surface area is 200 Å². The van der Waals surface area contributed by atoms with Crippen LogP contribution in [0.15, 0.2) is 72.8 Å². The number of ether oxygens (including phenoxy) is 2. The second-order valence-corrected chi connectivity index (χ2v) is 8.45. The molecule has 0 saturated heterocycles. The van der Waals surface area contributed by atoms with Crippen molar-refractivity contribution in [3.63, 3.8) is 0 Å². The number of carbonyl (C=O) groups excluding carboxylic acids is 2. The maximum atomic E-state index is 12.5. The van der Waals surface area contributed by atoms with Gasteiger partial charge in [-0.15, -0.1) is 0 Å². The lowest BCUT2D eigenvalue weighted by atomic mass is 10.1. The van der Waals surface area contributed by atoms with Gasteiger partial charge in [0.25, 0.3) is 5.91 Å². The average Bonchev–Trinajstić information content (AvgIpc) is 3.37. The molecule has 6 nitrogen and oxygen atoms in total. The van der Waals surface area contributed by atoms with E-state index in [1.165, 1.54) is 12.8 Å². The van der Waals surface area contributed by atoms with Crippen molar-refractivity contribution in [2.75, 3.05) is 17.7 Å². The molecule has 0 atom stereocenters. The van der Waals surface area contributed by atoms with Gasteiger partial charge in [0.1, 0.15) is 11.5 Å². The maximum absolute atomic E-state index is 12.5. The summed E-state index contributed by atoms with van der Waals surface area (Å²) in [6.45, 7) is 0. The molecular formula is C28H30N2O4. The van der Waals surface area contributed by atoms with Gasteiger partial charge < -0.3 is 20.1 Å². The van der Waals surface area contributed by atoms with Gasteiger partial charge in [-0.25, -0.2) is 0 Å². The summed E-state index contributed by atoms with van der Waals surface area (Å²) < 4.78 is 11.3. The summed E-state index contributed by atoms with van der Waals surface area (Å²) in [5, 5.41) is 5.74. The number of hydrogen-bond donors (Lipinski definition) is 2. The lowest BCUT2D eigenvalue weighted by molar-refractivity contribution is -0.116. The van der Waals surface area contributed by atoms with Crippen LogP contribution in [0.3, 0.4) is 0 Å². The predicted molar refractivity (Wildman–Crippen MR) is 134 cm³/mol. The molecule has 34 heavy (non-hydrogen) atoms. The topological polar surface area (TPSA) is 76.7 Å². The summed E-state index contributed by atoms with van der Waals surface area (Å²) in [5.74, 6) is 1.15. The Hall–Kier alpha value is -3.80. The Morgan fingerprint density at radius 3 is 2.44 bits per heavy atom. The van der Waals surface area contributed by atoms with E-state index in [1.54, 1.807) is 43.5 Å². The van der Waals surface area contributed by atoms with Crippen LogP contribution in [-0.4, -0.2) is 25.0 Å². The maximum Gasteiger partial charge on any atom is 0.255 e. The minimum atomic E-state index is -0.248. The molecule has 2 amide bonds. The quantitative estimate of drug-likeness (QED) is 0.422. The molecule has 2 N–H and O–H groups in total. The summed E-state index contributed by atoms with van der Waals surface area (Å²) in [7, 11) is 1.56. The zero-order chi connectivity index (χ0) is 23.8. The van der Waals surface area contributed by atoms with Gasteiger partial charge in [-0.2, -0.15) is 0 Å². The highest BCUT2D eigenvalue weighted by Gasteiger charge is 2.16. The van der Waals surface area contributed by atoms with Crippen molar-refractivity contribution in [1.82, 2.24) is 0 Å². The van der Waals surface area contributed by atoms with Crippen LogP contribution in [0.4, 0.5) is 11.4 Å². The number of hydrogen-bond acceptors (Lipinski definition) is 4. The molecule has 0 aliphatic heterocycles. The fraction of sp³-hybridized carbons (Fsp3) is 0.286. The van der Waals surface area contributed by atoms with Gasteiger partial charge in [0, 0.05) is 17.7 Å². The highest BCUT2D eigenvalue weighted by Crippen LogP contribution is 2.25. The van der Waals surface area contributed by atoms with Crippen LogP contribution >= 0.6 is 0 Å². The van der Waals surface area contributed by atoms with Gasteiger partial charge in [-0.1, -0.05) is 24.3 Å². The van der Waals surface area contributed by atoms with Crippen molar-refractivity contribution in [3.8, 4) is 11.5 Å². The van der Waals surface area contributed by atoms with Gasteiger partial charge in [0.2, 0.25) is 5.91 Å². The SMILES string of the molecule is COc1ccccc1NC(=O)c1ccc(NC(=O)CCc2cccc(OC3CCCC3)c2)cc1. The standard InChI is InChI=1S/C28H30N2O4/c1-33-26-12-5-4-11-25(26)30-28(32)21-14-16-22(17-15-21)29-27(31)18-13-20-7-6-10-24(19-20)34-23-8-2-3-9-23/h4-7,10-12,14-17,19,23H,2-3,8-9,13,18H2,1H3,(H,29,31)(H,30,32). The van der Waals surface area contributed by atoms with Gasteiger partial charge >= 0.3 is 0 Å². The molecule has 4 rings (SSSR count). The second-order valence-electron chi connectivity index (χ2n) is 8.45. The van der Waals surface area contributed by atoms with Crippen molar-refractivity contribution >= 4 is 23.2 Å². The molecular weight excluding hydrogens is 428 g/mol. The number of amides is 2. The molecule has 0 unspecified atom stereocenters. The molecule has 0 aromatic heterocycles. The Kier molecular flexibility index (Phi) is 7.81. The molecule has 1 aliphatic rings. The average molecular weight is 459 g/mol. The Morgan fingerprint density at radius 2 is 1.68 bits per heavy atom. The Morgan fingerprint density at radius 1 is 0.912 bits per heavy atom. The third kappa shape index (κ3) is 6.38. The monoisotopic (exact) mass is 458 g/mol. The van der Waals surface area contributed by atoms with E-state index < -0.39 is 0 Å². The van der Waals surface area contributed by atoms with Gasteiger partial charge in [0.15, 0.2) is 0 Å². The number of carbonyl (C=O) groups is 2. The van der Waals surface area contributed by atoms with Crippen molar-refractivity contribution in [1.29, 1.82) is 0 Å². The van der Waals surface area contributed by atoms with E-state index in [-0.39, 0.29) is 11.8 Å². The second kappa shape index (κ2) is 11.4. The van der Waals surface area contributed by atoms with Crippen molar-refractivity contribution in [2.45, 2.75) is 44.6 Å². The minimum absolute atomic E-state index is 0.0756. The fourth-order valence-electron chi connectivity index (χ4n) is 4.10. The number of methoxy groups -OCH3 is 1. The number of anilines is 2. The van der Waals surface area contributed by atoms with Crippen LogP contribution < -0.4 is 20.1 Å². The van der Waals surface area contributed by atoms with Gasteiger partial charge in [-0.05, 0) is 86.2 Å². The van der Waals surface area contributed by atoms with E-state index in [2.05, 4.69) is 10.6 Å². The molecule has 0 spiro atoms. The third-order valence-corrected chi connectivity index (χ3v) is 5.93. The van der Waals surface area contributed by atoms with E-state index in [9.17, 15) is 9.59 Å². The zero-order valence-corrected chi connectivity index (χ0v) is 19.4. The first-order chi connectivity index (χ1) is 16.6. The highest BCUT2D eigenvalue weighted by molar-refractivity contribution is 6.05. The predicted octanol–water partition coefficient (Wildman–Crippen LogP) is 5.84. The van der Waals surface area contributed by atoms with Crippen LogP contribution in [0.2, 0.25) is 0 Å². The Bertz CT molecular complexity index is 1120. The number of nitrogens with one attached hydrogen (secondary N) is 2. The smallest absolute Gasteiger partial charge is 0.255 e. The first kappa shape index (κ1) is 23.4. The van der Waals surface area contributed by atoms with Crippen molar-refractivity contribution < 1.29 is 19.1 Å². The molecule has 3 aromatic rings. The summed E-state index contributed by atoms with van der Waals surface area (Å²) >= 11 is 0. The van der Waals surface area contributed by atoms with Crippen LogP contribution in [0.5, 0.6) is 11.5 Å². The number of rotatable bonds is 9. The van der Waals surface area contributed by atoms with Crippen LogP contribution in [0, 0.1) is 0 Å². The Balaban J connectivity index is 1.27. The summed E-state index contributed by atoms with van der Waals surface area (Å²) in [4.78, 5) is 25.0. The first-order valence-corrected chi connectivity index (χ1v) is 11.7. The van der Waals surface area contributed by atoms with E-state index in [1.807, 2.05) is 36.4 Å². The molecule has 0 heterocycles. The molecule has 3 aromatic carbocycles. The normalized spacial score (nSPS) is 13.3. The first-order valence-electron chi connectivity index (χ1n) is 11.7. The van der Waals surface area contributed by atoms with Gasteiger partial charge in [0.05, 0.1) is 18.9 Å².